The van der Waals surface area contributed by atoms with Gasteiger partial charge >= 0.3 is 0 Å². The first-order chi connectivity index (χ1) is 9.58. The molecular weight excluding hydrogens is 325 g/mol. The monoisotopic (exact) mass is 347 g/mol. The smallest absolute Gasteiger partial charge is 0.269 e. The van der Waals surface area contributed by atoms with Crippen molar-refractivity contribution in [2.24, 2.45) is 0 Å². The highest BCUT2D eigenvalue weighted by Crippen LogP contribution is 2.29. The van der Waals surface area contributed by atoms with Gasteiger partial charge in [-0.3, -0.25) is 15.0 Å². The lowest BCUT2D eigenvalue weighted by Crippen LogP contribution is -2.45. The van der Waals surface area contributed by atoms with E-state index in [4.69, 9.17) is 0 Å². The molecule has 2 rings (SSSR count). The zero-order valence-corrected chi connectivity index (χ0v) is 14.3. The third-order valence-corrected chi connectivity index (χ3v) is 3.60. The van der Waals surface area contributed by atoms with Crippen LogP contribution in [-0.2, 0) is 0 Å². The third-order valence-electron chi connectivity index (χ3n) is 3.60. The summed E-state index contributed by atoms with van der Waals surface area (Å²) < 4.78 is 0. The average molecular weight is 348 g/mol. The van der Waals surface area contributed by atoms with Crippen LogP contribution >= 0.6 is 24.8 Å². The lowest BCUT2D eigenvalue weighted by molar-refractivity contribution is -0.385. The van der Waals surface area contributed by atoms with Gasteiger partial charge in [-0.05, 0) is 18.9 Å². The van der Waals surface area contributed by atoms with E-state index in [0.29, 0.717) is 0 Å². The van der Waals surface area contributed by atoms with Crippen LogP contribution < -0.4 is 5.32 Å². The molecule has 0 spiro atoms. The zero-order valence-electron chi connectivity index (χ0n) is 12.7. The Balaban J connectivity index is 0.00000220. The summed E-state index contributed by atoms with van der Waals surface area (Å²) >= 11 is 0. The van der Waals surface area contributed by atoms with E-state index in [2.05, 4.69) is 16.8 Å². The first kappa shape index (κ1) is 20.9. The number of nitrogens with one attached hydrogen (secondary N) is 1. The van der Waals surface area contributed by atoms with E-state index >= 15 is 0 Å². The second-order valence-electron chi connectivity index (χ2n) is 5.32. The number of hydrogen-bond donors (Lipinski definition) is 1. The standard InChI is InChI=1S/C15H21N3O2.2ClH/c1-12(2)10-15(17-8-6-16-7-9-17)13-4-3-5-14(11-13)18(19)20;;/h3-5,11,15-16H,1,6-10H2,2H3;2*1H/t15-;;/m0../s1. The summed E-state index contributed by atoms with van der Waals surface area (Å²) in [6.07, 6.45) is 0.834. The van der Waals surface area contributed by atoms with Gasteiger partial charge in [-0.1, -0.05) is 17.7 Å². The van der Waals surface area contributed by atoms with E-state index in [1.165, 1.54) is 0 Å². The van der Waals surface area contributed by atoms with Crippen molar-refractivity contribution in [3.8, 4) is 0 Å². The first-order valence-electron chi connectivity index (χ1n) is 6.91. The summed E-state index contributed by atoms with van der Waals surface area (Å²) in [6.45, 7) is 9.84. The molecular formula is C15H23Cl2N3O2. The highest BCUT2D eigenvalue weighted by molar-refractivity contribution is 5.85. The number of benzene rings is 1. The van der Waals surface area contributed by atoms with Crippen LogP contribution in [0.2, 0.25) is 0 Å². The Hall–Kier alpha value is -1.14. The van der Waals surface area contributed by atoms with E-state index in [0.717, 1.165) is 43.7 Å². The predicted molar refractivity (Wildman–Crippen MR) is 94.2 cm³/mol. The number of nitrogens with zero attached hydrogens (tertiary/aromatic N) is 2. The summed E-state index contributed by atoms with van der Waals surface area (Å²) in [7, 11) is 0. The minimum atomic E-state index is -0.334. The largest absolute Gasteiger partial charge is 0.314 e. The Bertz CT molecular complexity index is 505. The van der Waals surface area contributed by atoms with Gasteiger partial charge in [0.15, 0.2) is 0 Å². The molecule has 1 N–H and O–H groups in total. The van der Waals surface area contributed by atoms with Crippen LogP contribution in [0.3, 0.4) is 0 Å². The Morgan fingerprint density at radius 3 is 2.59 bits per heavy atom. The first-order valence-corrected chi connectivity index (χ1v) is 6.91. The van der Waals surface area contributed by atoms with Crippen molar-refractivity contribution in [3.63, 3.8) is 0 Å². The topological polar surface area (TPSA) is 58.4 Å². The minimum Gasteiger partial charge on any atom is -0.314 e. The van der Waals surface area contributed by atoms with Gasteiger partial charge in [-0.2, -0.15) is 0 Å². The van der Waals surface area contributed by atoms with Gasteiger partial charge in [-0.25, -0.2) is 0 Å². The number of non-ortho nitro benzene ring substituents is 1. The number of nitro groups is 1. The molecule has 1 aromatic rings. The molecule has 5 nitrogen and oxygen atoms in total. The fraction of sp³-hybridized carbons (Fsp3) is 0.467. The summed E-state index contributed by atoms with van der Waals surface area (Å²) in [5, 5.41) is 14.3. The fourth-order valence-corrected chi connectivity index (χ4v) is 2.63. The molecule has 0 bridgehead atoms. The molecule has 22 heavy (non-hydrogen) atoms. The van der Waals surface area contributed by atoms with Gasteiger partial charge in [0.25, 0.3) is 5.69 Å². The van der Waals surface area contributed by atoms with E-state index in [1.807, 2.05) is 13.0 Å². The van der Waals surface area contributed by atoms with Crippen LogP contribution in [0.5, 0.6) is 0 Å². The highest BCUT2D eigenvalue weighted by atomic mass is 35.5. The Kier molecular flexibility index (Phi) is 9.28. The predicted octanol–water partition coefficient (Wildman–Crippen LogP) is 3.35. The van der Waals surface area contributed by atoms with Crippen molar-refractivity contribution in [1.82, 2.24) is 10.2 Å². The van der Waals surface area contributed by atoms with Crippen molar-refractivity contribution >= 4 is 30.5 Å². The van der Waals surface area contributed by atoms with Crippen molar-refractivity contribution in [2.75, 3.05) is 26.2 Å². The van der Waals surface area contributed by atoms with Crippen molar-refractivity contribution in [1.29, 1.82) is 0 Å². The number of halogens is 2. The van der Waals surface area contributed by atoms with Gasteiger partial charge in [-0.15, -0.1) is 31.4 Å². The Morgan fingerprint density at radius 2 is 2.05 bits per heavy atom. The summed E-state index contributed by atoms with van der Waals surface area (Å²) in [5.41, 5.74) is 2.26. The maximum atomic E-state index is 10.9. The Morgan fingerprint density at radius 1 is 1.41 bits per heavy atom. The van der Waals surface area contributed by atoms with E-state index in [9.17, 15) is 10.1 Å². The minimum absolute atomic E-state index is 0. The van der Waals surface area contributed by atoms with Gasteiger partial charge in [0.1, 0.15) is 0 Å². The molecule has 124 valence electrons. The van der Waals surface area contributed by atoms with Crippen LogP contribution in [-0.4, -0.2) is 36.0 Å². The highest BCUT2D eigenvalue weighted by Gasteiger charge is 2.23. The second-order valence-corrected chi connectivity index (χ2v) is 5.32. The molecule has 0 radical (unpaired) electrons. The molecule has 0 aromatic heterocycles. The van der Waals surface area contributed by atoms with Crippen molar-refractivity contribution < 1.29 is 4.92 Å². The SMILES string of the molecule is C=C(C)C[C@@H](c1cccc([N+](=O)[O-])c1)N1CCNCC1.Cl.Cl. The molecule has 1 heterocycles. The normalized spacial score (nSPS) is 16.0. The molecule has 7 heteroatoms. The van der Waals surface area contributed by atoms with Crippen LogP contribution in [0.1, 0.15) is 24.9 Å². The molecule has 1 aliphatic rings. The van der Waals surface area contributed by atoms with Gasteiger partial charge in [0.2, 0.25) is 0 Å². The molecule has 1 aliphatic heterocycles. The van der Waals surface area contributed by atoms with Gasteiger partial charge < -0.3 is 5.32 Å². The molecule has 0 saturated carbocycles. The van der Waals surface area contributed by atoms with Crippen molar-refractivity contribution in [3.05, 3.63) is 52.1 Å². The van der Waals surface area contributed by atoms with E-state index in [1.54, 1.807) is 18.2 Å². The fourth-order valence-electron chi connectivity index (χ4n) is 2.63. The lowest BCUT2D eigenvalue weighted by atomic mass is 9.97. The van der Waals surface area contributed by atoms with Gasteiger partial charge in [0, 0.05) is 44.4 Å². The molecule has 0 amide bonds. The summed E-state index contributed by atoms with van der Waals surface area (Å²) in [4.78, 5) is 13.0. The van der Waals surface area contributed by atoms with Gasteiger partial charge in [0.05, 0.1) is 4.92 Å². The zero-order chi connectivity index (χ0) is 14.5. The number of piperazine rings is 1. The molecule has 0 aliphatic carbocycles. The van der Waals surface area contributed by atoms with Crippen LogP contribution in [0.25, 0.3) is 0 Å². The maximum absolute atomic E-state index is 10.9. The average Bonchev–Trinajstić information content (AvgIpc) is 2.45. The van der Waals surface area contributed by atoms with E-state index < -0.39 is 0 Å². The molecule has 1 atom stereocenters. The third kappa shape index (κ3) is 5.57. The quantitative estimate of drug-likeness (QED) is 0.504. The number of rotatable bonds is 5. The lowest BCUT2D eigenvalue weighted by Gasteiger charge is -2.35. The van der Waals surface area contributed by atoms with Crippen LogP contribution in [0.15, 0.2) is 36.4 Å². The summed E-state index contributed by atoms with van der Waals surface area (Å²) in [6, 6.07) is 7.15. The molecule has 1 saturated heterocycles. The molecule has 1 fully saturated rings. The summed E-state index contributed by atoms with van der Waals surface area (Å²) in [5.74, 6) is 0. The van der Waals surface area contributed by atoms with Crippen LogP contribution in [0, 0.1) is 10.1 Å². The second kappa shape index (κ2) is 9.79. The van der Waals surface area contributed by atoms with E-state index in [-0.39, 0.29) is 41.5 Å². The van der Waals surface area contributed by atoms with Crippen LogP contribution in [0.4, 0.5) is 5.69 Å². The molecule has 1 aromatic carbocycles. The molecule has 0 unspecified atom stereocenters. The Labute approximate surface area is 143 Å². The number of nitro benzene ring substituents is 1. The maximum Gasteiger partial charge on any atom is 0.269 e. The van der Waals surface area contributed by atoms with Crippen molar-refractivity contribution in [2.45, 2.75) is 19.4 Å². The number of hydrogen-bond acceptors (Lipinski definition) is 4.